The molecule has 1 unspecified atom stereocenters. The number of hydrogen-bond acceptors (Lipinski definition) is 4. The van der Waals surface area contributed by atoms with Crippen LogP contribution < -0.4 is 5.73 Å². The molecule has 4 heteroatoms. The zero-order valence-corrected chi connectivity index (χ0v) is 7.84. The van der Waals surface area contributed by atoms with Crippen LogP contribution in [-0.4, -0.2) is 10.1 Å². The second-order valence-corrected chi connectivity index (χ2v) is 3.16. The SMILES string of the molecule is CC(N)c1cnccc1-c1cnoc1. The van der Waals surface area contributed by atoms with Crippen molar-refractivity contribution in [2.75, 3.05) is 0 Å². The van der Waals surface area contributed by atoms with Gasteiger partial charge in [-0.2, -0.15) is 0 Å². The fourth-order valence-electron chi connectivity index (χ4n) is 1.37. The van der Waals surface area contributed by atoms with Gasteiger partial charge in [-0.05, 0) is 24.1 Å². The molecule has 4 nitrogen and oxygen atoms in total. The minimum Gasteiger partial charge on any atom is -0.364 e. The summed E-state index contributed by atoms with van der Waals surface area (Å²) < 4.78 is 4.79. The number of rotatable bonds is 2. The van der Waals surface area contributed by atoms with Crippen LogP contribution in [-0.2, 0) is 0 Å². The Kier molecular flexibility index (Phi) is 2.28. The normalized spacial score (nSPS) is 12.7. The van der Waals surface area contributed by atoms with E-state index in [2.05, 4.69) is 10.1 Å². The van der Waals surface area contributed by atoms with Gasteiger partial charge < -0.3 is 10.3 Å². The van der Waals surface area contributed by atoms with Gasteiger partial charge in [0.2, 0.25) is 0 Å². The van der Waals surface area contributed by atoms with Crippen molar-refractivity contribution >= 4 is 0 Å². The second-order valence-electron chi connectivity index (χ2n) is 3.16. The molecule has 0 aliphatic rings. The molecule has 0 saturated heterocycles. The minimum absolute atomic E-state index is 0.0476. The summed E-state index contributed by atoms with van der Waals surface area (Å²) in [4.78, 5) is 4.05. The highest BCUT2D eigenvalue weighted by Crippen LogP contribution is 2.25. The summed E-state index contributed by atoms with van der Waals surface area (Å²) >= 11 is 0. The van der Waals surface area contributed by atoms with Crippen molar-refractivity contribution in [1.82, 2.24) is 10.1 Å². The van der Waals surface area contributed by atoms with E-state index in [1.54, 1.807) is 24.9 Å². The Hall–Kier alpha value is -1.68. The third-order valence-corrected chi connectivity index (χ3v) is 2.09. The van der Waals surface area contributed by atoms with Crippen LogP contribution in [0, 0.1) is 0 Å². The van der Waals surface area contributed by atoms with Crippen molar-refractivity contribution < 1.29 is 4.52 Å². The Balaban J connectivity index is 2.53. The molecule has 0 aliphatic carbocycles. The molecule has 14 heavy (non-hydrogen) atoms. The van der Waals surface area contributed by atoms with Gasteiger partial charge in [0.25, 0.3) is 0 Å². The van der Waals surface area contributed by atoms with Crippen LogP contribution in [0.2, 0.25) is 0 Å². The molecule has 0 saturated carbocycles. The number of aromatic nitrogens is 2. The van der Waals surface area contributed by atoms with E-state index in [-0.39, 0.29) is 6.04 Å². The highest BCUT2D eigenvalue weighted by atomic mass is 16.5. The summed E-state index contributed by atoms with van der Waals surface area (Å²) in [5, 5.41) is 3.66. The fourth-order valence-corrected chi connectivity index (χ4v) is 1.37. The average Bonchev–Trinajstić information content (AvgIpc) is 2.70. The minimum atomic E-state index is -0.0476. The maximum atomic E-state index is 5.83. The third-order valence-electron chi connectivity index (χ3n) is 2.09. The second kappa shape index (κ2) is 3.59. The first kappa shape index (κ1) is 8.90. The van der Waals surface area contributed by atoms with Gasteiger partial charge in [-0.1, -0.05) is 5.16 Å². The molecule has 72 valence electrons. The number of nitrogens with zero attached hydrogens (tertiary/aromatic N) is 2. The Morgan fingerprint density at radius 1 is 1.43 bits per heavy atom. The summed E-state index contributed by atoms with van der Waals surface area (Å²) in [6.45, 7) is 1.92. The summed E-state index contributed by atoms with van der Waals surface area (Å²) in [7, 11) is 0. The lowest BCUT2D eigenvalue weighted by Gasteiger charge is -2.09. The first-order chi connectivity index (χ1) is 6.79. The molecule has 2 aromatic rings. The Labute approximate surface area is 81.7 Å². The molecule has 0 spiro atoms. The van der Waals surface area contributed by atoms with Crippen molar-refractivity contribution in [2.45, 2.75) is 13.0 Å². The van der Waals surface area contributed by atoms with Crippen LogP contribution in [0.15, 0.2) is 35.4 Å². The smallest absolute Gasteiger partial charge is 0.131 e. The molecular formula is C10H11N3O. The van der Waals surface area contributed by atoms with E-state index in [0.717, 1.165) is 16.7 Å². The quantitative estimate of drug-likeness (QED) is 0.781. The van der Waals surface area contributed by atoms with Crippen LogP contribution in [0.3, 0.4) is 0 Å². The van der Waals surface area contributed by atoms with E-state index >= 15 is 0 Å². The van der Waals surface area contributed by atoms with Gasteiger partial charge in [0.05, 0.1) is 6.20 Å². The van der Waals surface area contributed by atoms with E-state index in [0.29, 0.717) is 0 Å². The zero-order valence-electron chi connectivity index (χ0n) is 7.84. The largest absolute Gasteiger partial charge is 0.364 e. The van der Waals surface area contributed by atoms with Crippen molar-refractivity contribution in [1.29, 1.82) is 0 Å². The highest BCUT2D eigenvalue weighted by Gasteiger charge is 2.09. The maximum absolute atomic E-state index is 5.83. The molecule has 0 bridgehead atoms. The van der Waals surface area contributed by atoms with E-state index in [1.807, 2.05) is 13.0 Å². The molecule has 0 radical (unpaired) electrons. The summed E-state index contributed by atoms with van der Waals surface area (Å²) in [5.74, 6) is 0. The van der Waals surface area contributed by atoms with Gasteiger partial charge in [0, 0.05) is 24.0 Å². The Bertz CT molecular complexity index is 409. The molecule has 0 aromatic carbocycles. The Morgan fingerprint density at radius 3 is 2.93 bits per heavy atom. The third kappa shape index (κ3) is 1.52. The maximum Gasteiger partial charge on any atom is 0.131 e. The number of nitrogens with two attached hydrogens (primary N) is 1. The molecule has 2 heterocycles. The topological polar surface area (TPSA) is 64.9 Å². The molecule has 0 amide bonds. The van der Waals surface area contributed by atoms with Crippen molar-refractivity contribution in [3.8, 4) is 11.1 Å². The average molecular weight is 189 g/mol. The molecular weight excluding hydrogens is 178 g/mol. The number of hydrogen-bond donors (Lipinski definition) is 1. The Morgan fingerprint density at radius 2 is 2.29 bits per heavy atom. The zero-order chi connectivity index (χ0) is 9.97. The predicted molar refractivity (Wildman–Crippen MR) is 52.3 cm³/mol. The molecule has 0 fully saturated rings. The van der Waals surface area contributed by atoms with Crippen molar-refractivity contribution in [2.24, 2.45) is 5.73 Å². The number of pyridine rings is 1. The summed E-state index contributed by atoms with van der Waals surface area (Å²) in [6.07, 6.45) is 6.77. The standard InChI is InChI=1S/C10H11N3O/c1-7(11)10-5-12-3-2-9(10)8-4-13-14-6-8/h2-7H,11H2,1H3. The molecule has 2 aromatic heterocycles. The lowest BCUT2D eigenvalue weighted by atomic mass is 10.0. The molecule has 0 aliphatic heterocycles. The summed E-state index contributed by atoms with van der Waals surface area (Å²) in [6, 6.07) is 1.86. The predicted octanol–water partition coefficient (Wildman–Crippen LogP) is 1.76. The van der Waals surface area contributed by atoms with Gasteiger partial charge >= 0.3 is 0 Å². The van der Waals surface area contributed by atoms with E-state index in [4.69, 9.17) is 10.3 Å². The van der Waals surface area contributed by atoms with E-state index < -0.39 is 0 Å². The van der Waals surface area contributed by atoms with Gasteiger partial charge in [0.1, 0.15) is 6.26 Å². The van der Waals surface area contributed by atoms with E-state index in [9.17, 15) is 0 Å². The van der Waals surface area contributed by atoms with Gasteiger partial charge in [-0.3, -0.25) is 4.98 Å². The van der Waals surface area contributed by atoms with Crippen LogP contribution >= 0.6 is 0 Å². The monoisotopic (exact) mass is 189 g/mol. The lowest BCUT2D eigenvalue weighted by Crippen LogP contribution is -2.06. The van der Waals surface area contributed by atoms with Gasteiger partial charge in [0.15, 0.2) is 0 Å². The van der Waals surface area contributed by atoms with Crippen molar-refractivity contribution in [3.63, 3.8) is 0 Å². The molecule has 2 rings (SSSR count). The summed E-state index contributed by atoms with van der Waals surface area (Å²) in [5.41, 5.74) is 8.78. The van der Waals surface area contributed by atoms with Crippen molar-refractivity contribution in [3.05, 3.63) is 36.5 Å². The first-order valence-corrected chi connectivity index (χ1v) is 4.38. The highest BCUT2D eigenvalue weighted by molar-refractivity contribution is 5.65. The van der Waals surface area contributed by atoms with Crippen LogP contribution in [0.25, 0.3) is 11.1 Å². The van der Waals surface area contributed by atoms with Crippen LogP contribution in [0.5, 0.6) is 0 Å². The van der Waals surface area contributed by atoms with Gasteiger partial charge in [-0.25, -0.2) is 0 Å². The van der Waals surface area contributed by atoms with Crippen LogP contribution in [0.1, 0.15) is 18.5 Å². The fraction of sp³-hybridized carbons (Fsp3) is 0.200. The first-order valence-electron chi connectivity index (χ1n) is 4.38. The lowest BCUT2D eigenvalue weighted by molar-refractivity contribution is 0.420. The van der Waals surface area contributed by atoms with Gasteiger partial charge in [-0.15, -0.1) is 0 Å². The van der Waals surface area contributed by atoms with E-state index in [1.165, 1.54) is 0 Å². The molecule has 1 atom stereocenters. The molecule has 2 N–H and O–H groups in total. The van der Waals surface area contributed by atoms with Crippen LogP contribution in [0.4, 0.5) is 0 Å².